The fraction of sp³-hybridized carbons (Fsp3) is 0.778. The van der Waals surface area contributed by atoms with Gasteiger partial charge in [0.15, 0.2) is 6.10 Å². The molecule has 0 bridgehead atoms. The average Bonchev–Trinajstić information content (AvgIpc) is 2.30. The van der Waals surface area contributed by atoms with Crippen LogP contribution in [-0.2, 0) is 19.1 Å². The molecule has 0 aromatic heterocycles. The molecule has 17 heavy (non-hydrogen) atoms. The lowest BCUT2D eigenvalue weighted by Gasteiger charge is -2.09. The molecular weight excluding hydrogens is 240 g/mol. The van der Waals surface area contributed by atoms with E-state index in [2.05, 4.69) is 14.8 Å². The SMILES string of the molecule is COC(=O)C(O)CNC(=O)CCOCC(F)F. The summed E-state index contributed by atoms with van der Waals surface area (Å²) in [6, 6.07) is 0. The predicted octanol–water partition coefficient (Wildman–Crippen LogP) is -0.692. The van der Waals surface area contributed by atoms with Gasteiger partial charge in [-0.2, -0.15) is 0 Å². The van der Waals surface area contributed by atoms with E-state index in [4.69, 9.17) is 5.11 Å². The number of amides is 1. The van der Waals surface area contributed by atoms with Crippen LogP contribution in [0.3, 0.4) is 0 Å². The van der Waals surface area contributed by atoms with Gasteiger partial charge in [-0.15, -0.1) is 0 Å². The third kappa shape index (κ3) is 8.52. The highest BCUT2D eigenvalue weighted by Crippen LogP contribution is 1.93. The second kappa shape index (κ2) is 8.82. The number of alkyl halides is 2. The lowest BCUT2D eigenvalue weighted by Crippen LogP contribution is -2.37. The standard InChI is InChI=1S/C9H15F2NO5/c1-16-9(15)6(13)4-12-8(14)2-3-17-5-7(10)11/h6-7,13H,2-5H2,1H3,(H,12,14). The van der Waals surface area contributed by atoms with E-state index >= 15 is 0 Å². The van der Waals surface area contributed by atoms with E-state index in [1.165, 1.54) is 0 Å². The van der Waals surface area contributed by atoms with Crippen LogP contribution in [-0.4, -0.2) is 56.4 Å². The van der Waals surface area contributed by atoms with Crippen LogP contribution in [0.4, 0.5) is 8.78 Å². The summed E-state index contributed by atoms with van der Waals surface area (Å²) in [6.45, 7) is -1.16. The van der Waals surface area contributed by atoms with Crippen molar-refractivity contribution in [2.24, 2.45) is 0 Å². The number of esters is 1. The van der Waals surface area contributed by atoms with Gasteiger partial charge in [-0.3, -0.25) is 4.79 Å². The molecule has 1 atom stereocenters. The first kappa shape index (κ1) is 15.7. The van der Waals surface area contributed by atoms with Gasteiger partial charge in [0.1, 0.15) is 6.61 Å². The molecule has 0 rings (SSSR count). The van der Waals surface area contributed by atoms with Crippen LogP contribution in [0.25, 0.3) is 0 Å². The molecular formula is C9H15F2NO5. The van der Waals surface area contributed by atoms with E-state index < -0.39 is 31.0 Å². The molecule has 0 radical (unpaired) electrons. The maximum absolute atomic E-state index is 11.6. The Morgan fingerprint density at radius 2 is 2.06 bits per heavy atom. The van der Waals surface area contributed by atoms with Crippen molar-refractivity contribution in [2.75, 3.05) is 26.9 Å². The summed E-state index contributed by atoms with van der Waals surface area (Å²) in [5.41, 5.74) is 0. The molecule has 1 amide bonds. The molecule has 0 spiro atoms. The van der Waals surface area contributed by atoms with Gasteiger partial charge in [0.25, 0.3) is 6.43 Å². The molecule has 0 aromatic rings. The first-order valence-corrected chi connectivity index (χ1v) is 4.85. The van der Waals surface area contributed by atoms with Gasteiger partial charge in [-0.25, -0.2) is 13.6 Å². The zero-order valence-electron chi connectivity index (χ0n) is 9.32. The molecule has 0 aliphatic carbocycles. The number of aliphatic hydroxyl groups is 1. The Balaban J connectivity index is 3.56. The quantitative estimate of drug-likeness (QED) is 0.443. The number of carbonyl (C=O) groups is 2. The summed E-state index contributed by atoms with van der Waals surface area (Å²) < 4.78 is 32.0. The molecule has 0 aliphatic heterocycles. The van der Waals surface area contributed by atoms with E-state index in [0.29, 0.717) is 0 Å². The van der Waals surface area contributed by atoms with Crippen molar-refractivity contribution < 1.29 is 33.0 Å². The van der Waals surface area contributed by atoms with Crippen molar-refractivity contribution in [1.82, 2.24) is 5.32 Å². The third-order valence-electron chi connectivity index (χ3n) is 1.68. The normalized spacial score (nSPS) is 12.3. The van der Waals surface area contributed by atoms with Crippen molar-refractivity contribution in [3.63, 3.8) is 0 Å². The van der Waals surface area contributed by atoms with E-state index in [0.717, 1.165) is 7.11 Å². The van der Waals surface area contributed by atoms with Gasteiger partial charge in [-0.1, -0.05) is 0 Å². The molecule has 100 valence electrons. The highest BCUT2D eigenvalue weighted by Gasteiger charge is 2.15. The lowest BCUT2D eigenvalue weighted by molar-refractivity contribution is -0.150. The van der Waals surface area contributed by atoms with Gasteiger partial charge in [0, 0.05) is 6.42 Å². The van der Waals surface area contributed by atoms with Gasteiger partial charge >= 0.3 is 5.97 Å². The van der Waals surface area contributed by atoms with Crippen LogP contribution in [0.2, 0.25) is 0 Å². The average molecular weight is 255 g/mol. The highest BCUT2D eigenvalue weighted by atomic mass is 19.3. The fourth-order valence-electron chi connectivity index (χ4n) is 0.856. The van der Waals surface area contributed by atoms with Crippen LogP contribution in [0.15, 0.2) is 0 Å². The molecule has 0 fully saturated rings. The number of aliphatic hydroxyl groups excluding tert-OH is 1. The molecule has 0 aliphatic rings. The number of hydrogen-bond donors (Lipinski definition) is 2. The van der Waals surface area contributed by atoms with Crippen LogP contribution in [0.5, 0.6) is 0 Å². The molecule has 0 heterocycles. The zero-order chi connectivity index (χ0) is 13.3. The van der Waals surface area contributed by atoms with Crippen molar-refractivity contribution in [2.45, 2.75) is 19.0 Å². The minimum absolute atomic E-state index is 0.124. The number of methoxy groups -OCH3 is 1. The Kier molecular flexibility index (Phi) is 8.16. The smallest absolute Gasteiger partial charge is 0.336 e. The van der Waals surface area contributed by atoms with Gasteiger partial charge in [-0.05, 0) is 0 Å². The maximum atomic E-state index is 11.6. The minimum atomic E-state index is -2.57. The third-order valence-corrected chi connectivity index (χ3v) is 1.68. The molecule has 0 aromatic carbocycles. The van der Waals surface area contributed by atoms with Crippen LogP contribution in [0.1, 0.15) is 6.42 Å². The van der Waals surface area contributed by atoms with Gasteiger partial charge in [0.05, 0.1) is 20.3 Å². The van der Waals surface area contributed by atoms with Crippen LogP contribution in [0, 0.1) is 0 Å². The van der Waals surface area contributed by atoms with Crippen molar-refractivity contribution in [3.8, 4) is 0 Å². The predicted molar refractivity (Wildman–Crippen MR) is 52.5 cm³/mol. The fourth-order valence-corrected chi connectivity index (χ4v) is 0.856. The Hall–Kier alpha value is -1.28. The number of rotatable bonds is 8. The van der Waals surface area contributed by atoms with Gasteiger partial charge < -0.3 is 19.9 Å². The monoisotopic (exact) mass is 255 g/mol. The molecule has 8 heteroatoms. The van der Waals surface area contributed by atoms with E-state index in [1.54, 1.807) is 0 Å². The van der Waals surface area contributed by atoms with Crippen molar-refractivity contribution in [1.29, 1.82) is 0 Å². The molecule has 6 nitrogen and oxygen atoms in total. The highest BCUT2D eigenvalue weighted by molar-refractivity contribution is 5.78. The Labute approximate surface area is 96.9 Å². The van der Waals surface area contributed by atoms with Crippen molar-refractivity contribution in [3.05, 3.63) is 0 Å². The Bertz CT molecular complexity index is 250. The van der Waals surface area contributed by atoms with Crippen LogP contribution >= 0.6 is 0 Å². The Morgan fingerprint density at radius 1 is 1.41 bits per heavy atom. The zero-order valence-corrected chi connectivity index (χ0v) is 9.32. The van der Waals surface area contributed by atoms with E-state index in [-0.39, 0.29) is 19.6 Å². The topological polar surface area (TPSA) is 84.9 Å². The summed E-state index contributed by atoms with van der Waals surface area (Å²) in [5, 5.41) is 11.3. The molecule has 2 N–H and O–H groups in total. The minimum Gasteiger partial charge on any atom is -0.467 e. The second-order valence-corrected chi connectivity index (χ2v) is 3.06. The number of hydrogen-bond acceptors (Lipinski definition) is 5. The molecule has 0 saturated heterocycles. The summed E-state index contributed by atoms with van der Waals surface area (Å²) in [7, 11) is 1.10. The lowest BCUT2D eigenvalue weighted by atomic mass is 10.3. The second-order valence-electron chi connectivity index (χ2n) is 3.06. The maximum Gasteiger partial charge on any atom is 0.336 e. The van der Waals surface area contributed by atoms with Crippen LogP contribution < -0.4 is 5.32 Å². The molecule has 0 saturated carbocycles. The van der Waals surface area contributed by atoms with E-state index in [9.17, 15) is 18.4 Å². The van der Waals surface area contributed by atoms with E-state index in [1.807, 2.05) is 0 Å². The van der Waals surface area contributed by atoms with Gasteiger partial charge in [0.2, 0.25) is 5.91 Å². The largest absolute Gasteiger partial charge is 0.467 e. The number of ether oxygens (including phenoxy) is 2. The van der Waals surface area contributed by atoms with Crippen molar-refractivity contribution >= 4 is 11.9 Å². The summed E-state index contributed by atoms with van der Waals surface area (Å²) in [4.78, 5) is 21.8. The number of carbonyl (C=O) groups excluding carboxylic acids is 2. The summed E-state index contributed by atoms with van der Waals surface area (Å²) in [6.07, 6.45) is -4.13. The summed E-state index contributed by atoms with van der Waals surface area (Å²) in [5.74, 6) is -1.37. The summed E-state index contributed by atoms with van der Waals surface area (Å²) >= 11 is 0. The Morgan fingerprint density at radius 3 is 2.59 bits per heavy atom. The number of halogens is 2. The first-order chi connectivity index (χ1) is 7.97. The first-order valence-electron chi connectivity index (χ1n) is 4.85. The molecule has 1 unspecified atom stereocenters. The number of nitrogens with one attached hydrogen (secondary N) is 1.